The van der Waals surface area contributed by atoms with Crippen LogP contribution >= 0.6 is 11.6 Å². The molecule has 0 unspecified atom stereocenters. The van der Waals surface area contributed by atoms with Crippen LogP contribution in [0.15, 0.2) is 30.3 Å². The summed E-state index contributed by atoms with van der Waals surface area (Å²) in [5, 5.41) is 16.9. The fraction of sp³-hybridized carbons (Fsp3) is 0.231. The second kappa shape index (κ2) is 5.05. The molecule has 0 atom stereocenters. The normalized spacial score (nSPS) is 10.9. The predicted molar refractivity (Wildman–Crippen MR) is 75.7 cm³/mol. The maximum atomic E-state index is 5.98. The summed E-state index contributed by atoms with van der Waals surface area (Å²) in [4.78, 5) is 1.47. The van der Waals surface area contributed by atoms with E-state index in [1.54, 1.807) is 4.68 Å². The molecule has 7 heteroatoms. The first-order valence-electron chi connectivity index (χ1n) is 6.15. The van der Waals surface area contributed by atoms with Gasteiger partial charge in [-0.05, 0) is 12.1 Å². The van der Waals surface area contributed by atoms with E-state index in [1.807, 2.05) is 44.3 Å². The molecule has 1 aromatic carbocycles. The van der Waals surface area contributed by atoms with E-state index in [4.69, 9.17) is 11.6 Å². The number of aromatic nitrogens is 6. The van der Waals surface area contributed by atoms with Crippen LogP contribution in [0.4, 0.5) is 0 Å². The minimum absolute atomic E-state index is 0.358. The smallest absolute Gasteiger partial charge is 0.205 e. The number of alkyl halides is 1. The van der Waals surface area contributed by atoms with Gasteiger partial charge in [-0.1, -0.05) is 30.3 Å². The zero-order chi connectivity index (χ0) is 14.1. The molecule has 3 aromatic rings. The topological polar surface area (TPSA) is 61.4 Å². The molecule has 0 amide bonds. The van der Waals surface area contributed by atoms with E-state index in [1.165, 1.54) is 4.80 Å². The van der Waals surface area contributed by atoms with E-state index in [2.05, 4.69) is 20.5 Å². The average molecular weight is 289 g/mol. The second-order valence-electron chi connectivity index (χ2n) is 4.41. The van der Waals surface area contributed by atoms with Crippen LogP contribution in [0, 0.1) is 6.92 Å². The van der Waals surface area contributed by atoms with Crippen LogP contribution in [-0.4, -0.2) is 30.0 Å². The molecule has 0 saturated heterocycles. The van der Waals surface area contributed by atoms with Gasteiger partial charge in [0.15, 0.2) is 5.82 Å². The summed E-state index contributed by atoms with van der Waals surface area (Å²) in [6, 6.07) is 9.71. The Morgan fingerprint density at radius 2 is 1.90 bits per heavy atom. The highest BCUT2D eigenvalue weighted by atomic mass is 35.5. The van der Waals surface area contributed by atoms with Gasteiger partial charge in [0.1, 0.15) is 0 Å². The Hall–Kier alpha value is -2.21. The first-order chi connectivity index (χ1) is 9.70. The van der Waals surface area contributed by atoms with Crippen molar-refractivity contribution >= 4 is 11.6 Å². The molecular weight excluding hydrogens is 276 g/mol. The third-order valence-electron chi connectivity index (χ3n) is 3.08. The van der Waals surface area contributed by atoms with Crippen LogP contribution in [0.5, 0.6) is 0 Å². The Morgan fingerprint density at radius 1 is 1.15 bits per heavy atom. The Bertz CT molecular complexity index is 731. The number of hydrogen-bond donors (Lipinski definition) is 0. The summed E-state index contributed by atoms with van der Waals surface area (Å²) in [5.74, 6) is 1.68. The SMILES string of the molecule is Cc1nn(C)c(-n2nnc(-c3ccccc3)n2)c1CCl. The molecule has 2 aromatic heterocycles. The van der Waals surface area contributed by atoms with Gasteiger partial charge in [-0.25, -0.2) is 4.68 Å². The van der Waals surface area contributed by atoms with Gasteiger partial charge in [0.2, 0.25) is 5.82 Å². The minimum atomic E-state index is 0.358. The van der Waals surface area contributed by atoms with E-state index < -0.39 is 0 Å². The number of tetrazole rings is 1. The quantitative estimate of drug-likeness (QED) is 0.693. The van der Waals surface area contributed by atoms with Gasteiger partial charge < -0.3 is 0 Å². The molecule has 0 saturated carbocycles. The third kappa shape index (κ3) is 2.08. The summed E-state index contributed by atoms with van der Waals surface area (Å²) in [7, 11) is 1.84. The van der Waals surface area contributed by atoms with Gasteiger partial charge in [-0.3, -0.25) is 0 Å². The summed E-state index contributed by atoms with van der Waals surface area (Å²) in [5.41, 5.74) is 2.70. The molecule has 6 nitrogen and oxygen atoms in total. The maximum Gasteiger partial charge on any atom is 0.205 e. The standard InChI is InChI=1S/C13H13ClN6/c1-9-11(8-14)13(19(2)16-9)20-17-12(15-18-20)10-6-4-3-5-7-10/h3-7H,8H2,1-2H3. The van der Waals surface area contributed by atoms with Crippen LogP contribution in [0.1, 0.15) is 11.3 Å². The fourth-order valence-electron chi connectivity index (χ4n) is 2.10. The van der Waals surface area contributed by atoms with E-state index in [-0.39, 0.29) is 0 Å². The van der Waals surface area contributed by atoms with Crippen LogP contribution < -0.4 is 0 Å². The fourth-order valence-corrected chi connectivity index (χ4v) is 2.42. The Labute approximate surface area is 121 Å². The molecule has 0 N–H and O–H groups in total. The van der Waals surface area contributed by atoms with Gasteiger partial charge in [0, 0.05) is 18.2 Å². The molecule has 20 heavy (non-hydrogen) atoms. The van der Waals surface area contributed by atoms with Crippen molar-refractivity contribution in [2.45, 2.75) is 12.8 Å². The Kier molecular flexibility index (Phi) is 3.23. The number of benzene rings is 1. The second-order valence-corrected chi connectivity index (χ2v) is 4.68. The largest absolute Gasteiger partial charge is 0.249 e. The summed E-state index contributed by atoms with van der Waals surface area (Å²) in [6.07, 6.45) is 0. The van der Waals surface area contributed by atoms with Gasteiger partial charge in [0.25, 0.3) is 0 Å². The number of halogens is 1. The molecule has 0 aliphatic heterocycles. The molecule has 0 aliphatic rings. The molecule has 0 radical (unpaired) electrons. The predicted octanol–water partition coefficient (Wildman–Crippen LogP) is 2.11. The van der Waals surface area contributed by atoms with E-state index in [0.717, 1.165) is 22.6 Å². The summed E-state index contributed by atoms with van der Waals surface area (Å²) < 4.78 is 1.71. The lowest BCUT2D eigenvalue weighted by atomic mass is 10.2. The average Bonchev–Trinajstić information content (AvgIpc) is 3.03. The number of nitrogens with zero attached hydrogens (tertiary/aromatic N) is 6. The van der Waals surface area contributed by atoms with Gasteiger partial charge in [-0.15, -0.1) is 26.6 Å². The molecule has 3 rings (SSSR count). The zero-order valence-electron chi connectivity index (χ0n) is 11.2. The van der Waals surface area contributed by atoms with Crippen molar-refractivity contribution in [3.05, 3.63) is 41.6 Å². The molecule has 0 aliphatic carbocycles. The Balaban J connectivity index is 2.07. The third-order valence-corrected chi connectivity index (χ3v) is 3.35. The summed E-state index contributed by atoms with van der Waals surface area (Å²) >= 11 is 5.98. The van der Waals surface area contributed by atoms with Gasteiger partial charge in [-0.2, -0.15) is 5.10 Å². The highest BCUT2D eigenvalue weighted by molar-refractivity contribution is 6.17. The number of rotatable bonds is 3. The lowest BCUT2D eigenvalue weighted by Gasteiger charge is -2.01. The van der Waals surface area contributed by atoms with Crippen molar-refractivity contribution in [3.8, 4) is 17.2 Å². The van der Waals surface area contributed by atoms with Crippen molar-refractivity contribution < 1.29 is 0 Å². The maximum absolute atomic E-state index is 5.98. The lowest BCUT2D eigenvalue weighted by Crippen LogP contribution is -2.08. The summed E-state index contributed by atoms with van der Waals surface area (Å²) in [6.45, 7) is 1.91. The van der Waals surface area contributed by atoms with Crippen LogP contribution in [-0.2, 0) is 12.9 Å². The van der Waals surface area contributed by atoms with Crippen LogP contribution in [0.2, 0.25) is 0 Å². The van der Waals surface area contributed by atoms with E-state index >= 15 is 0 Å². The van der Waals surface area contributed by atoms with Crippen LogP contribution in [0.3, 0.4) is 0 Å². The monoisotopic (exact) mass is 288 g/mol. The molecule has 2 heterocycles. The van der Waals surface area contributed by atoms with Crippen molar-refractivity contribution in [2.75, 3.05) is 0 Å². The zero-order valence-corrected chi connectivity index (χ0v) is 11.9. The lowest BCUT2D eigenvalue weighted by molar-refractivity contribution is 0.630. The molecule has 102 valence electrons. The molecule has 0 spiro atoms. The van der Waals surface area contributed by atoms with E-state index in [0.29, 0.717) is 11.7 Å². The van der Waals surface area contributed by atoms with E-state index in [9.17, 15) is 0 Å². The first-order valence-corrected chi connectivity index (χ1v) is 6.68. The molecule has 0 bridgehead atoms. The molecular formula is C13H13ClN6. The van der Waals surface area contributed by atoms with Crippen molar-refractivity contribution in [1.29, 1.82) is 0 Å². The number of aryl methyl sites for hydroxylation is 2. The first kappa shape index (κ1) is 12.8. The van der Waals surface area contributed by atoms with Crippen molar-refractivity contribution in [3.63, 3.8) is 0 Å². The van der Waals surface area contributed by atoms with Gasteiger partial charge >= 0.3 is 0 Å². The van der Waals surface area contributed by atoms with Gasteiger partial charge in [0.05, 0.1) is 11.6 Å². The number of hydrogen-bond acceptors (Lipinski definition) is 4. The highest BCUT2D eigenvalue weighted by Gasteiger charge is 2.17. The minimum Gasteiger partial charge on any atom is -0.249 e. The van der Waals surface area contributed by atoms with Crippen LogP contribution in [0.25, 0.3) is 17.2 Å². The highest BCUT2D eigenvalue weighted by Crippen LogP contribution is 2.19. The Morgan fingerprint density at radius 3 is 2.60 bits per heavy atom. The molecule has 0 fully saturated rings. The van der Waals surface area contributed by atoms with Crippen molar-refractivity contribution in [2.24, 2.45) is 7.05 Å². The van der Waals surface area contributed by atoms with Crippen molar-refractivity contribution in [1.82, 2.24) is 30.0 Å².